The molecule has 0 aliphatic carbocycles. The molecule has 0 radical (unpaired) electrons. The van der Waals surface area contributed by atoms with Crippen LogP contribution in [-0.2, 0) is 9.53 Å². The standard InChI is InChI=1S/C12H16ClNO3/c1-4-17-11-6-5-9(7-10(11)13)14(2)8-12(15)16-3/h5-7H,4,8H2,1-3H3. The Morgan fingerprint density at radius 1 is 1.47 bits per heavy atom. The number of methoxy groups -OCH3 is 1. The van der Waals surface area contributed by atoms with Crippen LogP contribution in [0.4, 0.5) is 5.69 Å². The van der Waals surface area contributed by atoms with E-state index in [2.05, 4.69) is 4.74 Å². The minimum absolute atomic E-state index is 0.181. The number of halogens is 1. The van der Waals surface area contributed by atoms with Gasteiger partial charge in [0.15, 0.2) is 0 Å². The van der Waals surface area contributed by atoms with Crippen molar-refractivity contribution in [3.8, 4) is 5.75 Å². The molecule has 1 aromatic rings. The molecular formula is C12H16ClNO3. The monoisotopic (exact) mass is 257 g/mol. The van der Waals surface area contributed by atoms with Gasteiger partial charge in [0.25, 0.3) is 0 Å². The van der Waals surface area contributed by atoms with E-state index in [-0.39, 0.29) is 12.5 Å². The molecule has 0 amide bonds. The zero-order valence-electron chi connectivity index (χ0n) is 10.2. The third-order valence-corrected chi connectivity index (χ3v) is 2.55. The van der Waals surface area contributed by atoms with Crippen molar-refractivity contribution in [2.75, 3.05) is 32.2 Å². The minimum Gasteiger partial charge on any atom is -0.492 e. The second-order valence-electron chi connectivity index (χ2n) is 3.48. The Balaban J connectivity index is 2.78. The van der Waals surface area contributed by atoms with Gasteiger partial charge in [-0.25, -0.2) is 0 Å². The highest BCUT2D eigenvalue weighted by Gasteiger charge is 2.09. The number of carbonyl (C=O) groups is 1. The number of anilines is 1. The first-order chi connectivity index (χ1) is 8.08. The summed E-state index contributed by atoms with van der Waals surface area (Å²) in [5.74, 6) is 0.349. The molecule has 0 heterocycles. The van der Waals surface area contributed by atoms with Gasteiger partial charge in [-0.1, -0.05) is 11.6 Å². The van der Waals surface area contributed by atoms with E-state index in [1.165, 1.54) is 7.11 Å². The number of hydrogen-bond donors (Lipinski definition) is 0. The first kappa shape index (κ1) is 13.6. The number of likely N-dealkylation sites (N-methyl/N-ethyl adjacent to an activating group) is 1. The summed E-state index contributed by atoms with van der Waals surface area (Å²) in [6.07, 6.45) is 0. The summed E-state index contributed by atoms with van der Waals surface area (Å²) in [7, 11) is 3.16. The molecule has 17 heavy (non-hydrogen) atoms. The lowest BCUT2D eigenvalue weighted by Gasteiger charge is -2.18. The summed E-state index contributed by atoms with van der Waals surface area (Å²) >= 11 is 6.05. The first-order valence-corrected chi connectivity index (χ1v) is 5.66. The van der Waals surface area contributed by atoms with Gasteiger partial charge in [0, 0.05) is 12.7 Å². The van der Waals surface area contributed by atoms with E-state index in [1.807, 2.05) is 13.0 Å². The van der Waals surface area contributed by atoms with Crippen LogP contribution in [0.3, 0.4) is 0 Å². The van der Waals surface area contributed by atoms with Crippen LogP contribution < -0.4 is 9.64 Å². The van der Waals surface area contributed by atoms with Crippen molar-refractivity contribution in [1.29, 1.82) is 0 Å². The first-order valence-electron chi connectivity index (χ1n) is 5.28. The molecule has 0 aromatic heterocycles. The molecule has 5 heteroatoms. The molecule has 0 bridgehead atoms. The van der Waals surface area contributed by atoms with Gasteiger partial charge in [-0.15, -0.1) is 0 Å². The van der Waals surface area contributed by atoms with Crippen LogP contribution in [0.25, 0.3) is 0 Å². The van der Waals surface area contributed by atoms with Gasteiger partial charge in [0.1, 0.15) is 12.3 Å². The summed E-state index contributed by atoms with van der Waals surface area (Å²) in [6.45, 7) is 2.64. The topological polar surface area (TPSA) is 38.8 Å². The van der Waals surface area contributed by atoms with E-state index in [9.17, 15) is 4.79 Å². The largest absolute Gasteiger partial charge is 0.492 e. The van der Waals surface area contributed by atoms with Crippen molar-refractivity contribution in [1.82, 2.24) is 0 Å². The van der Waals surface area contributed by atoms with E-state index in [0.29, 0.717) is 17.4 Å². The lowest BCUT2D eigenvalue weighted by Crippen LogP contribution is -2.26. The molecule has 0 fully saturated rings. The van der Waals surface area contributed by atoms with Crippen molar-refractivity contribution >= 4 is 23.3 Å². The van der Waals surface area contributed by atoms with Gasteiger partial charge in [-0.3, -0.25) is 4.79 Å². The maximum Gasteiger partial charge on any atom is 0.325 e. The highest BCUT2D eigenvalue weighted by Crippen LogP contribution is 2.28. The summed E-state index contributed by atoms with van der Waals surface area (Å²) in [6, 6.07) is 5.39. The zero-order valence-corrected chi connectivity index (χ0v) is 11.0. The molecule has 0 saturated carbocycles. The number of benzene rings is 1. The molecule has 0 aliphatic rings. The van der Waals surface area contributed by atoms with Crippen molar-refractivity contribution < 1.29 is 14.3 Å². The molecule has 4 nitrogen and oxygen atoms in total. The lowest BCUT2D eigenvalue weighted by molar-refractivity contribution is -0.138. The van der Waals surface area contributed by atoms with Gasteiger partial charge in [-0.2, -0.15) is 0 Å². The normalized spacial score (nSPS) is 9.88. The molecule has 0 N–H and O–H groups in total. The van der Waals surface area contributed by atoms with E-state index in [4.69, 9.17) is 16.3 Å². The highest BCUT2D eigenvalue weighted by atomic mass is 35.5. The lowest BCUT2D eigenvalue weighted by atomic mass is 10.3. The average Bonchev–Trinajstić information content (AvgIpc) is 2.31. The fraction of sp³-hybridized carbons (Fsp3) is 0.417. The fourth-order valence-corrected chi connectivity index (χ4v) is 1.58. The Morgan fingerprint density at radius 2 is 2.18 bits per heavy atom. The van der Waals surface area contributed by atoms with Gasteiger partial charge >= 0.3 is 5.97 Å². The van der Waals surface area contributed by atoms with E-state index in [0.717, 1.165) is 5.69 Å². The molecule has 1 rings (SSSR count). The van der Waals surface area contributed by atoms with Crippen molar-refractivity contribution in [2.45, 2.75) is 6.92 Å². The van der Waals surface area contributed by atoms with Crippen LogP contribution in [0.5, 0.6) is 5.75 Å². The second kappa shape index (κ2) is 6.35. The van der Waals surface area contributed by atoms with Gasteiger partial charge in [0.05, 0.1) is 18.7 Å². The Labute approximate surface area is 106 Å². The maximum atomic E-state index is 11.1. The summed E-state index contributed by atoms with van der Waals surface area (Å²) in [4.78, 5) is 12.9. The Morgan fingerprint density at radius 3 is 2.71 bits per heavy atom. The molecule has 0 unspecified atom stereocenters. The van der Waals surface area contributed by atoms with Gasteiger partial charge < -0.3 is 14.4 Å². The van der Waals surface area contributed by atoms with Crippen molar-refractivity contribution in [2.24, 2.45) is 0 Å². The number of nitrogens with zero attached hydrogens (tertiary/aromatic N) is 1. The van der Waals surface area contributed by atoms with E-state index >= 15 is 0 Å². The zero-order chi connectivity index (χ0) is 12.8. The third-order valence-electron chi connectivity index (χ3n) is 2.25. The van der Waals surface area contributed by atoms with E-state index < -0.39 is 0 Å². The molecule has 94 valence electrons. The predicted octanol–water partition coefficient (Wildman–Crippen LogP) is 2.35. The number of rotatable bonds is 5. The van der Waals surface area contributed by atoms with Gasteiger partial charge in [-0.05, 0) is 25.1 Å². The highest BCUT2D eigenvalue weighted by molar-refractivity contribution is 6.32. The Hall–Kier alpha value is -1.42. The maximum absolute atomic E-state index is 11.1. The average molecular weight is 258 g/mol. The number of hydrogen-bond acceptors (Lipinski definition) is 4. The summed E-state index contributed by atoms with van der Waals surface area (Å²) in [5, 5.41) is 0.529. The number of carbonyl (C=O) groups excluding carboxylic acids is 1. The Kier molecular flexibility index (Phi) is 5.10. The van der Waals surface area contributed by atoms with Crippen LogP contribution in [0.15, 0.2) is 18.2 Å². The molecule has 0 atom stereocenters. The number of esters is 1. The van der Waals surface area contributed by atoms with Crippen LogP contribution in [0.2, 0.25) is 5.02 Å². The quantitative estimate of drug-likeness (QED) is 0.759. The molecule has 1 aromatic carbocycles. The van der Waals surface area contributed by atoms with Crippen LogP contribution >= 0.6 is 11.6 Å². The Bertz CT molecular complexity index is 395. The minimum atomic E-state index is -0.294. The van der Waals surface area contributed by atoms with E-state index in [1.54, 1.807) is 24.1 Å². The third kappa shape index (κ3) is 3.82. The summed E-state index contributed by atoms with van der Waals surface area (Å²) in [5.41, 5.74) is 0.837. The molecule has 0 aliphatic heterocycles. The van der Waals surface area contributed by atoms with Crippen LogP contribution in [0.1, 0.15) is 6.92 Å². The van der Waals surface area contributed by atoms with Crippen molar-refractivity contribution in [3.05, 3.63) is 23.2 Å². The number of ether oxygens (including phenoxy) is 2. The molecule has 0 spiro atoms. The van der Waals surface area contributed by atoms with Crippen molar-refractivity contribution in [3.63, 3.8) is 0 Å². The van der Waals surface area contributed by atoms with Gasteiger partial charge in [0.2, 0.25) is 0 Å². The summed E-state index contributed by atoms with van der Waals surface area (Å²) < 4.78 is 9.93. The molecular weight excluding hydrogens is 242 g/mol. The van der Waals surface area contributed by atoms with Crippen LogP contribution in [0, 0.1) is 0 Å². The smallest absolute Gasteiger partial charge is 0.325 e. The molecule has 0 saturated heterocycles. The fourth-order valence-electron chi connectivity index (χ4n) is 1.35. The van der Waals surface area contributed by atoms with Crippen LogP contribution in [-0.4, -0.2) is 33.3 Å². The predicted molar refractivity (Wildman–Crippen MR) is 67.9 cm³/mol. The second-order valence-corrected chi connectivity index (χ2v) is 3.89. The SMILES string of the molecule is CCOc1ccc(N(C)CC(=O)OC)cc1Cl.